The highest BCUT2D eigenvalue weighted by atomic mass is 32.1. The van der Waals surface area contributed by atoms with Gasteiger partial charge in [-0.15, -0.1) is 11.3 Å². The van der Waals surface area contributed by atoms with Crippen molar-refractivity contribution in [2.45, 2.75) is 24.8 Å². The van der Waals surface area contributed by atoms with Crippen molar-refractivity contribution < 1.29 is 0 Å². The van der Waals surface area contributed by atoms with E-state index in [0.29, 0.717) is 12.0 Å². The Labute approximate surface area is 157 Å². The topological polar surface area (TPSA) is 3.24 Å². The van der Waals surface area contributed by atoms with Gasteiger partial charge in [0.05, 0.1) is 16.4 Å². The molecule has 0 amide bonds. The Bertz CT molecular complexity index is 1110. The zero-order chi connectivity index (χ0) is 17.1. The van der Waals surface area contributed by atoms with Crippen LogP contribution in [0, 0.1) is 0 Å². The van der Waals surface area contributed by atoms with E-state index >= 15 is 0 Å². The van der Waals surface area contributed by atoms with Crippen molar-refractivity contribution in [2.75, 3.05) is 4.90 Å². The predicted octanol–water partition coefficient (Wildman–Crippen LogP) is 6.59. The molecule has 2 aliphatic carbocycles. The molecule has 6 rings (SSSR count). The molecule has 2 heteroatoms. The highest BCUT2D eigenvalue weighted by molar-refractivity contribution is 7.20. The van der Waals surface area contributed by atoms with Crippen molar-refractivity contribution in [1.29, 1.82) is 0 Å². The first kappa shape index (κ1) is 14.6. The van der Waals surface area contributed by atoms with Crippen LogP contribution >= 0.6 is 11.3 Å². The quantitative estimate of drug-likeness (QED) is 0.477. The number of thiophene rings is 1. The van der Waals surface area contributed by atoms with Gasteiger partial charge in [-0.1, -0.05) is 66.8 Å². The molecule has 2 aromatic carbocycles. The van der Waals surface area contributed by atoms with Crippen LogP contribution in [0.5, 0.6) is 0 Å². The van der Waals surface area contributed by atoms with Crippen molar-refractivity contribution in [3.8, 4) is 0 Å². The second-order valence-electron chi connectivity index (χ2n) is 7.25. The molecule has 0 N–H and O–H groups in total. The summed E-state index contributed by atoms with van der Waals surface area (Å²) in [6, 6.07) is 16.1. The molecular weight excluding hydrogens is 334 g/mol. The molecule has 3 aliphatic rings. The van der Waals surface area contributed by atoms with Gasteiger partial charge in [0.1, 0.15) is 0 Å². The van der Waals surface area contributed by atoms with Gasteiger partial charge in [-0.3, -0.25) is 0 Å². The summed E-state index contributed by atoms with van der Waals surface area (Å²) >= 11 is 1.99. The highest BCUT2D eigenvalue weighted by Crippen LogP contribution is 2.50. The SMILES string of the molecule is C1=CC2c3ccccc3N(c3cccc4c5c(sc34)CCC=C5)C2C=C1. The van der Waals surface area contributed by atoms with Crippen molar-refractivity contribution in [2.24, 2.45) is 0 Å². The number of hydrogen-bond donors (Lipinski definition) is 0. The van der Waals surface area contributed by atoms with Crippen molar-refractivity contribution in [3.05, 3.63) is 88.8 Å². The van der Waals surface area contributed by atoms with Crippen LogP contribution in [0.15, 0.2) is 72.8 Å². The molecule has 0 spiro atoms. The fraction of sp³-hybridized carbons (Fsp3) is 0.167. The zero-order valence-corrected chi connectivity index (χ0v) is 15.2. The minimum atomic E-state index is 0.373. The van der Waals surface area contributed by atoms with E-state index in [1.807, 2.05) is 11.3 Å². The van der Waals surface area contributed by atoms with Crippen molar-refractivity contribution >= 4 is 38.9 Å². The van der Waals surface area contributed by atoms with Crippen molar-refractivity contribution in [1.82, 2.24) is 0 Å². The van der Waals surface area contributed by atoms with Gasteiger partial charge in [0.2, 0.25) is 0 Å². The third kappa shape index (κ3) is 1.91. The molecular formula is C24H19NS. The molecule has 0 saturated carbocycles. The molecule has 1 nitrogen and oxygen atoms in total. The Hall–Kier alpha value is -2.58. The number of benzene rings is 2. The van der Waals surface area contributed by atoms with E-state index in [2.05, 4.69) is 83.8 Å². The monoisotopic (exact) mass is 353 g/mol. The lowest BCUT2D eigenvalue weighted by atomic mass is 9.91. The highest BCUT2D eigenvalue weighted by Gasteiger charge is 2.37. The maximum absolute atomic E-state index is 2.56. The van der Waals surface area contributed by atoms with Crippen LogP contribution in [-0.2, 0) is 6.42 Å². The number of hydrogen-bond acceptors (Lipinski definition) is 2. The first-order valence-corrected chi connectivity index (χ1v) is 10.2. The van der Waals surface area contributed by atoms with Crippen LogP contribution in [0.25, 0.3) is 16.2 Å². The molecule has 2 atom stereocenters. The smallest absolute Gasteiger partial charge is 0.0630 e. The Kier molecular flexibility index (Phi) is 3.06. The molecule has 2 heterocycles. The molecule has 0 fully saturated rings. The van der Waals surface area contributed by atoms with Gasteiger partial charge in [-0.2, -0.15) is 0 Å². The lowest BCUT2D eigenvalue weighted by Gasteiger charge is -2.29. The van der Waals surface area contributed by atoms with Crippen LogP contribution in [-0.4, -0.2) is 6.04 Å². The summed E-state index contributed by atoms with van der Waals surface area (Å²) in [6.45, 7) is 0. The Morgan fingerprint density at radius 3 is 2.81 bits per heavy atom. The largest absolute Gasteiger partial charge is 0.332 e. The summed E-state index contributed by atoms with van der Waals surface area (Å²) in [5, 5.41) is 1.41. The number of fused-ring (bicyclic) bond motifs is 6. The third-order valence-electron chi connectivity index (χ3n) is 5.85. The van der Waals surface area contributed by atoms with E-state index in [1.165, 1.54) is 50.3 Å². The summed E-state index contributed by atoms with van der Waals surface area (Å²) in [7, 11) is 0. The molecule has 0 saturated heterocycles. The number of nitrogens with zero attached hydrogens (tertiary/aromatic N) is 1. The predicted molar refractivity (Wildman–Crippen MR) is 113 cm³/mol. The average molecular weight is 353 g/mol. The molecule has 3 aromatic rings. The molecule has 0 radical (unpaired) electrons. The van der Waals surface area contributed by atoms with Crippen molar-refractivity contribution in [3.63, 3.8) is 0 Å². The number of aryl methyl sites for hydroxylation is 1. The lowest BCUT2D eigenvalue weighted by molar-refractivity contribution is 0.746. The number of allylic oxidation sites excluding steroid dienone is 3. The van der Waals surface area contributed by atoms with E-state index in [4.69, 9.17) is 0 Å². The maximum Gasteiger partial charge on any atom is 0.0630 e. The van der Waals surface area contributed by atoms with Gasteiger partial charge < -0.3 is 4.90 Å². The van der Waals surface area contributed by atoms with Gasteiger partial charge >= 0.3 is 0 Å². The number of rotatable bonds is 1. The van der Waals surface area contributed by atoms with Gasteiger partial charge in [-0.05, 0) is 36.1 Å². The minimum absolute atomic E-state index is 0.373. The lowest BCUT2D eigenvalue weighted by Crippen LogP contribution is -2.28. The fourth-order valence-corrected chi connectivity index (χ4v) is 6.03. The molecule has 1 aromatic heterocycles. The normalized spacial score (nSPS) is 22.5. The number of para-hydroxylation sites is 1. The average Bonchev–Trinajstić information content (AvgIpc) is 3.24. The summed E-state index contributed by atoms with van der Waals surface area (Å²) in [5.41, 5.74) is 5.60. The van der Waals surface area contributed by atoms with Gasteiger partial charge in [0, 0.05) is 21.9 Å². The maximum atomic E-state index is 2.56. The Morgan fingerprint density at radius 1 is 0.923 bits per heavy atom. The Balaban J connectivity index is 1.61. The second-order valence-corrected chi connectivity index (χ2v) is 8.35. The van der Waals surface area contributed by atoms with Crippen LogP contribution in [0.1, 0.15) is 28.3 Å². The summed E-state index contributed by atoms with van der Waals surface area (Å²) in [4.78, 5) is 4.10. The molecule has 1 aliphatic heterocycles. The van der Waals surface area contributed by atoms with Crippen LogP contribution in [0.3, 0.4) is 0 Å². The fourth-order valence-electron chi connectivity index (χ4n) is 4.72. The number of anilines is 2. The second kappa shape index (κ2) is 5.46. The molecule has 0 bridgehead atoms. The first-order chi connectivity index (χ1) is 12.9. The summed E-state index contributed by atoms with van der Waals surface area (Å²) in [6.07, 6.45) is 16.1. The van der Waals surface area contributed by atoms with Crippen LogP contribution in [0.2, 0.25) is 0 Å². The van der Waals surface area contributed by atoms with E-state index in [0.717, 1.165) is 0 Å². The van der Waals surface area contributed by atoms with E-state index < -0.39 is 0 Å². The summed E-state index contributed by atoms with van der Waals surface area (Å²) in [5.74, 6) is 0.445. The minimum Gasteiger partial charge on any atom is -0.332 e. The third-order valence-corrected chi connectivity index (χ3v) is 7.16. The molecule has 26 heavy (non-hydrogen) atoms. The molecule has 2 unspecified atom stereocenters. The van der Waals surface area contributed by atoms with Gasteiger partial charge in [0.15, 0.2) is 0 Å². The van der Waals surface area contributed by atoms with E-state index in [9.17, 15) is 0 Å². The van der Waals surface area contributed by atoms with Gasteiger partial charge in [0.25, 0.3) is 0 Å². The summed E-state index contributed by atoms with van der Waals surface area (Å²) < 4.78 is 1.43. The van der Waals surface area contributed by atoms with Crippen LogP contribution < -0.4 is 4.90 Å². The first-order valence-electron chi connectivity index (χ1n) is 9.36. The van der Waals surface area contributed by atoms with Gasteiger partial charge in [-0.25, -0.2) is 0 Å². The van der Waals surface area contributed by atoms with E-state index in [-0.39, 0.29) is 0 Å². The Morgan fingerprint density at radius 2 is 1.81 bits per heavy atom. The molecule has 126 valence electrons. The standard InChI is InChI=1S/C24H19NS/c1-4-12-20-16(8-1)17-9-2-5-13-21(17)25(20)22-14-7-11-19-18-10-3-6-15-23(18)26-24(19)22/h1-5,7-14,16,20H,6,15H2. The van der Waals surface area contributed by atoms with Crippen LogP contribution in [0.4, 0.5) is 11.4 Å². The zero-order valence-electron chi connectivity index (χ0n) is 14.4. The van der Waals surface area contributed by atoms with E-state index in [1.54, 1.807) is 0 Å².